The van der Waals surface area contributed by atoms with Crippen LogP contribution in [0.4, 0.5) is 0 Å². The number of hydrogen-bond donors (Lipinski definition) is 4. The molecular weight excluding hydrogens is 366 g/mol. The molecule has 0 saturated heterocycles. The first-order valence-corrected chi connectivity index (χ1v) is 9.15. The van der Waals surface area contributed by atoms with E-state index in [2.05, 4.69) is 15.0 Å². The van der Waals surface area contributed by atoms with Crippen molar-refractivity contribution in [1.82, 2.24) is 15.0 Å². The van der Waals surface area contributed by atoms with Crippen LogP contribution < -0.4 is 9.61 Å². The van der Waals surface area contributed by atoms with Gasteiger partial charge in [0.1, 0.15) is 17.3 Å². The number of benzene rings is 2. The van der Waals surface area contributed by atoms with E-state index in [1.165, 1.54) is 0 Å². The van der Waals surface area contributed by atoms with Gasteiger partial charge in [0.25, 0.3) is 0 Å². The number of fused-ring (bicyclic) bond motifs is 1. The standard InChI is InChI=1S/C19H17N3O4S/c1-10(17-20-14-7-4-12(23)9-15(14)21-17)26-13-5-2-11(3-6-13)8-16-18(24)22-19(25)27-16/h2-7,9-10,23-24H,8H2,1H3,(H,20,21)(H,22,25). The number of hydrogen-bond acceptors (Lipinski definition) is 6. The number of nitrogens with zero attached hydrogens (tertiary/aromatic N) is 1. The molecule has 8 heteroatoms. The molecule has 2 aromatic heterocycles. The van der Waals surface area contributed by atoms with E-state index in [1.54, 1.807) is 18.2 Å². The molecular formula is C19H17N3O4S. The first kappa shape index (κ1) is 17.2. The molecule has 0 radical (unpaired) electrons. The monoisotopic (exact) mass is 383 g/mol. The molecule has 0 fully saturated rings. The number of aromatic hydroxyl groups is 2. The highest BCUT2D eigenvalue weighted by Crippen LogP contribution is 2.25. The van der Waals surface area contributed by atoms with Gasteiger partial charge in [0.2, 0.25) is 5.88 Å². The van der Waals surface area contributed by atoms with Crippen molar-refractivity contribution in [3.8, 4) is 17.4 Å². The van der Waals surface area contributed by atoms with Gasteiger partial charge in [-0.3, -0.25) is 9.78 Å². The summed E-state index contributed by atoms with van der Waals surface area (Å²) < 4.78 is 5.93. The van der Waals surface area contributed by atoms with Crippen LogP contribution >= 0.6 is 11.3 Å². The van der Waals surface area contributed by atoms with Crippen LogP contribution in [0.3, 0.4) is 0 Å². The van der Waals surface area contributed by atoms with Gasteiger partial charge < -0.3 is 19.9 Å². The lowest BCUT2D eigenvalue weighted by molar-refractivity contribution is 0.218. The highest BCUT2D eigenvalue weighted by Gasteiger charge is 2.13. The van der Waals surface area contributed by atoms with Crippen LogP contribution in [0.2, 0.25) is 0 Å². The molecule has 0 aliphatic carbocycles. The molecule has 4 aromatic rings. The Labute approximate surface area is 157 Å². The number of phenolic OH excluding ortho intramolecular Hbond substituents is 1. The molecule has 0 bridgehead atoms. The zero-order chi connectivity index (χ0) is 19.0. The second-order valence-corrected chi connectivity index (χ2v) is 7.26. The quantitative estimate of drug-likeness (QED) is 0.422. The smallest absolute Gasteiger partial charge is 0.307 e. The molecule has 7 nitrogen and oxygen atoms in total. The number of nitrogens with one attached hydrogen (secondary N) is 2. The lowest BCUT2D eigenvalue weighted by atomic mass is 10.1. The fourth-order valence-electron chi connectivity index (χ4n) is 2.81. The van der Waals surface area contributed by atoms with Gasteiger partial charge >= 0.3 is 4.87 Å². The topological polar surface area (TPSA) is 111 Å². The molecule has 27 heavy (non-hydrogen) atoms. The summed E-state index contributed by atoms with van der Waals surface area (Å²) >= 11 is 1.00. The van der Waals surface area contributed by atoms with E-state index >= 15 is 0 Å². The summed E-state index contributed by atoms with van der Waals surface area (Å²) in [4.78, 5) is 21.6. The Balaban J connectivity index is 1.47. The van der Waals surface area contributed by atoms with E-state index < -0.39 is 0 Å². The molecule has 0 saturated carbocycles. The highest BCUT2D eigenvalue weighted by atomic mass is 32.1. The Kier molecular flexibility index (Phi) is 4.33. The van der Waals surface area contributed by atoms with Gasteiger partial charge in [0.05, 0.1) is 15.9 Å². The fourth-order valence-corrected chi connectivity index (χ4v) is 3.57. The summed E-state index contributed by atoms with van der Waals surface area (Å²) in [5.41, 5.74) is 2.47. The number of rotatable bonds is 5. The number of aromatic amines is 2. The van der Waals surface area contributed by atoms with Crippen molar-refractivity contribution in [1.29, 1.82) is 0 Å². The van der Waals surface area contributed by atoms with Crippen LogP contribution in [0.5, 0.6) is 17.4 Å². The number of H-pyrrole nitrogens is 2. The molecule has 0 spiro atoms. The highest BCUT2D eigenvalue weighted by molar-refractivity contribution is 7.09. The second kappa shape index (κ2) is 6.81. The van der Waals surface area contributed by atoms with Crippen LogP contribution in [0, 0.1) is 0 Å². The van der Waals surface area contributed by atoms with E-state index in [9.17, 15) is 15.0 Å². The summed E-state index contributed by atoms with van der Waals surface area (Å²) in [5.74, 6) is 1.46. The molecule has 2 aromatic carbocycles. The van der Waals surface area contributed by atoms with Gasteiger partial charge in [0, 0.05) is 12.5 Å². The van der Waals surface area contributed by atoms with Gasteiger partial charge in [-0.15, -0.1) is 0 Å². The van der Waals surface area contributed by atoms with Gasteiger partial charge in [-0.25, -0.2) is 4.98 Å². The number of phenols is 1. The third-order valence-corrected chi connectivity index (χ3v) is 5.04. The van der Waals surface area contributed by atoms with E-state index in [1.807, 2.05) is 31.2 Å². The summed E-state index contributed by atoms with van der Waals surface area (Å²) in [6.07, 6.45) is 0.169. The third kappa shape index (κ3) is 3.65. The molecule has 0 aliphatic heterocycles. The SMILES string of the molecule is CC(Oc1ccc(Cc2sc(=O)[nH]c2O)cc1)c1nc2ccc(O)cc2[nH]1. The predicted molar refractivity (Wildman–Crippen MR) is 103 cm³/mol. The first-order chi connectivity index (χ1) is 13.0. The van der Waals surface area contributed by atoms with Crippen LogP contribution in [0.25, 0.3) is 11.0 Å². The van der Waals surface area contributed by atoms with Crippen molar-refractivity contribution in [2.24, 2.45) is 0 Å². The van der Waals surface area contributed by atoms with E-state index in [0.29, 0.717) is 22.9 Å². The number of aromatic nitrogens is 3. The Morgan fingerprint density at radius 1 is 1.15 bits per heavy atom. The fraction of sp³-hybridized carbons (Fsp3) is 0.158. The normalized spacial score (nSPS) is 12.3. The van der Waals surface area contributed by atoms with Gasteiger partial charge in [-0.05, 0) is 36.8 Å². The van der Waals surface area contributed by atoms with Crippen molar-refractivity contribution in [2.45, 2.75) is 19.4 Å². The van der Waals surface area contributed by atoms with Gasteiger partial charge in [-0.1, -0.05) is 23.5 Å². The number of ether oxygens (including phenoxy) is 1. The van der Waals surface area contributed by atoms with Crippen molar-refractivity contribution < 1.29 is 14.9 Å². The third-order valence-electron chi connectivity index (χ3n) is 4.17. The Morgan fingerprint density at radius 2 is 1.93 bits per heavy atom. The van der Waals surface area contributed by atoms with Crippen LogP contribution in [-0.4, -0.2) is 25.2 Å². The molecule has 1 atom stereocenters. The molecule has 4 rings (SSSR count). The minimum atomic E-state index is -0.302. The maximum Gasteiger partial charge on any atom is 0.307 e. The van der Waals surface area contributed by atoms with E-state index in [0.717, 1.165) is 27.9 Å². The van der Waals surface area contributed by atoms with Crippen molar-refractivity contribution in [3.63, 3.8) is 0 Å². The van der Waals surface area contributed by atoms with Crippen LogP contribution in [-0.2, 0) is 6.42 Å². The van der Waals surface area contributed by atoms with E-state index in [4.69, 9.17) is 4.74 Å². The zero-order valence-corrected chi connectivity index (χ0v) is 15.2. The second-order valence-electron chi connectivity index (χ2n) is 6.19. The Bertz CT molecular complexity index is 1140. The minimum absolute atomic E-state index is 0.0742. The molecule has 2 heterocycles. The first-order valence-electron chi connectivity index (χ1n) is 8.33. The molecule has 0 amide bonds. The maximum atomic E-state index is 11.3. The van der Waals surface area contributed by atoms with Crippen molar-refractivity contribution in [2.75, 3.05) is 0 Å². The lowest BCUT2D eigenvalue weighted by Crippen LogP contribution is -2.05. The molecule has 1 unspecified atom stereocenters. The number of thiazole rings is 1. The van der Waals surface area contributed by atoms with E-state index in [-0.39, 0.29) is 22.6 Å². The molecule has 138 valence electrons. The predicted octanol–water partition coefficient (Wildman–Crippen LogP) is 3.45. The zero-order valence-electron chi connectivity index (χ0n) is 14.4. The van der Waals surface area contributed by atoms with Crippen molar-refractivity contribution >= 4 is 22.4 Å². The Morgan fingerprint density at radius 3 is 2.63 bits per heavy atom. The maximum absolute atomic E-state index is 11.3. The average molecular weight is 383 g/mol. The Hall–Kier alpha value is -3.26. The molecule has 0 aliphatic rings. The largest absolute Gasteiger partial charge is 0.508 e. The van der Waals surface area contributed by atoms with Crippen LogP contribution in [0.15, 0.2) is 47.3 Å². The lowest BCUT2D eigenvalue weighted by Gasteiger charge is -2.12. The van der Waals surface area contributed by atoms with Crippen molar-refractivity contribution in [3.05, 3.63) is 68.4 Å². The summed E-state index contributed by atoms with van der Waals surface area (Å²) in [6.45, 7) is 1.89. The average Bonchev–Trinajstić information content (AvgIpc) is 3.19. The summed E-state index contributed by atoms with van der Waals surface area (Å²) in [6, 6.07) is 12.4. The summed E-state index contributed by atoms with van der Waals surface area (Å²) in [5, 5.41) is 19.2. The number of imidazole rings is 1. The minimum Gasteiger partial charge on any atom is -0.508 e. The van der Waals surface area contributed by atoms with Gasteiger partial charge in [0.15, 0.2) is 6.10 Å². The van der Waals surface area contributed by atoms with Crippen LogP contribution in [0.1, 0.15) is 29.3 Å². The summed E-state index contributed by atoms with van der Waals surface area (Å²) in [7, 11) is 0. The molecule has 4 N–H and O–H groups in total. The van der Waals surface area contributed by atoms with Gasteiger partial charge in [-0.2, -0.15) is 0 Å².